The number of rotatable bonds is 6. The van der Waals surface area contributed by atoms with Gasteiger partial charge in [-0.05, 0) is 32.5 Å². The van der Waals surface area contributed by atoms with E-state index in [4.69, 9.17) is 4.74 Å². The molecule has 0 amide bonds. The number of aromatic nitrogens is 1. The standard InChI is InChI=1S/C17H21FN2O/c1-4-20-17(13-9-10-19-11-15(13)18)14-7-5-6-8-16(14)21-12(2)3/h5-12,17,20H,4H2,1-3H3. The van der Waals surface area contributed by atoms with Crippen molar-refractivity contribution in [2.24, 2.45) is 0 Å². The summed E-state index contributed by atoms with van der Waals surface area (Å²) in [5.41, 5.74) is 1.50. The summed E-state index contributed by atoms with van der Waals surface area (Å²) in [6.07, 6.45) is 2.91. The summed E-state index contributed by atoms with van der Waals surface area (Å²) in [4.78, 5) is 3.82. The van der Waals surface area contributed by atoms with Gasteiger partial charge in [0.2, 0.25) is 0 Å². The van der Waals surface area contributed by atoms with Gasteiger partial charge < -0.3 is 10.1 Å². The predicted molar refractivity (Wildman–Crippen MR) is 81.9 cm³/mol. The van der Waals surface area contributed by atoms with Gasteiger partial charge in [0.25, 0.3) is 0 Å². The van der Waals surface area contributed by atoms with Crippen molar-refractivity contribution in [3.63, 3.8) is 0 Å². The molecule has 1 unspecified atom stereocenters. The van der Waals surface area contributed by atoms with E-state index in [1.54, 1.807) is 12.3 Å². The van der Waals surface area contributed by atoms with Crippen molar-refractivity contribution >= 4 is 0 Å². The van der Waals surface area contributed by atoms with Crippen molar-refractivity contribution in [1.82, 2.24) is 10.3 Å². The minimum Gasteiger partial charge on any atom is -0.491 e. The van der Waals surface area contributed by atoms with Gasteiger partial charge in [0.1, 0.15) is 11.6 Å². The van der Waals surface area contributed by atoms with Crippen molar-refractivity contribution in [2.45, 2.75) is 32.9 Å². The molecule has 1 aromatic heterocycles. The Morgan fingerprint density at radius 1 is 1.19 bits per heavy atom. The van der Waals surface area contributed by atoms with E-state index in [1.165, 1.54) is 6.20 Å². The zero-order valence-electron chi connectivity index (χ0n) is 12.6. The maximum absolute atomic E-state index is 14.1. The van der Waals surface area contributed by atoms with Crippen LogP contribution in [0.3, 0.4) is 0 Å². The van der Waals surface area contributed by atoms with Crippen molar-refractivity contribution in [1.29, 1.82) is 0 Å². The Balaban J connectivity index is 2.46. The molecule has 112 valence electrons. The second-order valence-corrected chi connectivity index (χ2v) is 5.09. The van der Waals surface area contributed by atoms with Crippen LogP contribution in [0.2, 0.25) is 0 Å². The number of ether oxygens (including phenoxy) is 1. The molecule has 1 atom stereocenters. The molecule has 0 aliphatic rings. The first-order valence-electron chi connectivity index (χ1n) is 7.21. The topological polar surface area (TPSA) is 34.2 Å². The minimum atomic E-state index is -0.317. The quantitative estimate of drug-likeness (QED) is 0.880. The van der Waals surface area contributed by atoms with Crippen molar-refractivity contribution in [3.05, 3.63) is 59.7 Å². The lowest BCUT2D eigenvalue weighted by Crippen LogP contribution is -2.24. The molecule has 1 aromatic carbocycles. The van der Waals surface area contributed by atoms with Crippen molar-refractivity contribution in [3.8, 4) is 5.75 Å². The number of pyridine rings is 1. The van der Waals surface area contributed by atoms with E-state index >= 15 is 0 Å². The van der Waals surface area contributed by atoms with Gasteiger partial charge in [-0.3, -0.25) is 4.98 Å². The van der Waals surface area contributed by atoms with Crippen LogP contribution in [0, 0.1) is 5.82 Å². The second kappa shape index (κ2) is 7.18. The third kappa shape index (κ3) is 3.79. The molecule has 0 aliphatic carbocycles. The lowest BCUT2D eigenvalue weighted by atomic mass is 9.98. The van der Waals surface area contributed by atoms with E-state index in [0.717, 1.165) is 17.9 Å². The molecule has 0 spiro atoms. The predicted octanol–water partition coefficient (Wildman–Crippen LogP) is 3.71. The summed E-state index contributed by atoms with van der Waals surface area (Å²) in [7, 11) is 0. The summed E-state index contributed by atoms with van der Waals surface area (Å²) < 4.78 is 20.0. The molecule has 4 heteroatoms. The van der Waals surface area contributed by atoms with Crippen LogP contribution in [0.5, 0.6) is 5.75 Å². The Bertz CT molecular complexity index is 587. The molecule has 21 heavy (non-hydrogen) atoms. The number of hydrogen-bond acceptors (Lipinski definition) is 3. The molecule has 2 aromatic rings. The first-order valence-corrected chi connectivity index (χ1v) is 7.21. The van der Waals surface area contributed by atoms with E-state index in [1.807, 2.05) is 45.0 Å². The summed E-state index contributed by atoms with van der Waals surface area (Å²) >= 11 is 0. The van der Waals surface area contributed by atoms with E-state index < -0.39 is 0 Å². The number of hydrogen-bond donors (Lipinski definition) is 1. The molecule has 2 rings (SSSR count). The smallest absolute Gasteiger partial charge is 0.146 e. The van der Waals surface area contributed by atoms with Crippen LogP contribution < -0.4 is 10.1 Å². The van der Waals surface area contributed by atoms with Crippen LogP contribution in [-0.4, -0.2) is 17.6 Å². The molecular formula is C17H21FN2O. The SMILES string of the molecule is CCNC(c1ccncc1F)c1ccccc1OC(C)C. The third-order valence-corrected chi connectivity index (χ3v) is 3.12. The van der Waals surface area contributed by atoms with E-state index in [2.05, 4.69) is 10.3 Å². The first kappa shape index (κ1) is 15.4. The molecule has 0 saturated carbocycles. The van der Waals surface area contributed by atoms with Gasteiger partial charge in [-0.25, -0.2) is 4.39 Å². The minimum absolute atomic E-state index is 0.0655. The fourth-order valence-corrected chi connectivity index (χ4v) is 2.29. The fourth-order valence-electron chi connectivity index (χ4n) is 2.29. The molecule has 0 fully saturated rings. The van der Waals surface area contributed by atoms with Gasteiger partial charge in [-0.1, -0.05) is 25.1 Å². The summed E-state index contributed by atoms with van der Waals surface area (Å²) in [5.74, 6) is 0.456. The molecule has 0 radical (unpaired) electrons. The zero-order valence-corrected chi connectivity index (χ0v) is 12.6. The molecule has 1 heterocycles. The number of halogens is 1. The average molecular weight is 288 g/mol. The van der Waals surface area contributed by atoms with E-state index in [0.29, 0.717) is 5.56 Å². The number of benzene rings is 1. The Morgan fingerprint density at radius 3 is 2.62 bits per heavy atom. The second-order valence-electron chi connectivity index (χ2n) is 5.09. The molecule has 1 N–H and O–H groups in total. The van der Waals surface area contributed by atoms with Gasteiger partial charge in [0, 0.05) is 17.3 Å². The molecule has 3 nitrogen and oxygen atoms in total. The summed E-state index contributed by atoms with van der Waals surface area (Å²) in [5, 5.41) is 3.32. The number of nitrogens with zero attached hydrogens (tertiary/aromatic N) is 1. The largest absolute Gasteiger partial charge is 0.491 e. The van der Waals surface area contributed by atoms with Gasteiger partial charge in [0.05, 0.1) is 18.3 Å². The summed E-state index contributed by atoms with van der Waals surface area (Å²) in [6, 6.07) is 9.19. The number of nitrogens with one attached hydrogen (secondary N) is 1. The summed E-state index contributed by atoms with van der Waals surface area (Å²) in [6.45, 7) is 6.68. The Hall–Kier alpha value is -1.94. The van der Waals surface area contributed by atoms with Crippen LogP contribution >= 0.6 is 0 Å². The Labute approximate surface area is 125 Å². The monoisotopic (exact) mass is 288 g/mol. The Morgan fingerprint density at radius 2 is 1.95 bits per heavy atom. The van der Waals surface area contributed by atoms with E-state index in [9.17, 15) is 4.39 Å². The van der Waals surface area contributed by atoms with Crippen LogP contribution in [0.15, 0.2) is 42.7 Å². The van der Waals surface area contributed by atoms with Crippen molar-refractivity contribution < 1.29 is 9.13 Å². The average Bonchev–Trinajstić information content (AvgIpc) is 2.46. The van der Waals surface area contributed by atoms with Gasteiger partial charge in [0.15, 0.2) is 0 Å². The highest BCUT2D eigenvalue weighted by molar-refractivity contribution is 5.41. The van der Waals surface area contributed by atoms with Gasteiger partial charge >= 0.3 is 0 Å². The molecule has 0 saturated heterocycles. The normalized spacial score (nSPS) is 12.4. The zero-order chi connectivity index (χ0) is 15.2. The highest BCUT2D eigenvalue weighted by Gasteiger charge is 2.20. The maximum atomic E-state index is 14.1. The lowest BCUT2D eigenvalue weighted by Gasteiger charge is -2.23. The lowest BCUT2D eigenvalue weighted by molar-refractivity contribution is 0.238. The highest BCUT2D eigenvalue weighted by atomic mass is 19.1. The van der Waals surface area contributed by atoms with Crippen LogP contribution in [-0.2, 0) is 0 Å². The van der Waals surface area contributed by atoms with Crippen LogP contribution in [0.4, 0.5) is 4.39 Å². The van der Waals surface area contributed by atoms with Gasteiger partial charge in [-0.2, -0.15) is 0 Å². The maximum Gasteiger partial charge on any atom is 0.146 e. The fraction of sp³-hybridized carbons (Fsp3) is 0.353. The van der Waals surface area contributed by atoms with Gasteiger partial charge in [-0.15, -0.1) is 0 Å². The first-order chi connectivity index (χ1) is 10.1. The van der Waals surface area contributed by atoms with Crippen molar-refractivity contribution in [2.75, 3.05) is 6.54 Å². The number of para-hydroxylation sites is 1. The third-order valence-electron chi connectivity index (χ3n) is 3.12. The Kier molecular flexibility index (Phi) is 5.28. The van der Waals surface area contributed by atoms with E-state index in [-0.39, 0.29) is 18.0 Å². The van der Waals surface area contributed by atoms with Crippen LogP contribution in [0.1, 0.15) is 37.9 Å². The highest BCUT2D eigenvalue weighted by Crippen LogP contribution is 2.31. The molecular weight excluding hydrogens is 267 g/mol. The van der Waals surface area contributed by atoms with Crippen LogP contribution in [0.25, 0.3) is 0 Å². The molecule has 0 bridgehead atoms. The molecule has 0 aliphatic heterocycles.